The van der Waals surface area contributed by atoms with Crippen LogP contribution in [0.4, 0.5) is 23.0 Å². The number of carbonyl (C=O) groups excluding carboxylic acids is 1. The van der Waals surface area contributed by atoms with Gasteiger partial charge in [-0.1, -0.05) is 12.1 Å². The molecule has 0 atom stereocenters. The fourth-order valence-corrected chi connectivity index (χ4v) is 4.23. The molecule has 1 fully saturated rings. The van der Waals surface area contributed by atoms with E-state index in [-0.39, 0.29) is 12.8 Å². The molecule has 182 valence electrons. The van der Waals surface area contributed by atoms with Crippen molar-refractivity contribution in [1.29, 1.82) is 0 Å². The van der Waals surface area contributed by atoms with E-state index in [1.165, 1.54) is 11.9 Å². The van der Waals surface area contributed by atoms with Crippen molar-refractivity contribution in [3.05, 3.63) is 59.9 Å². The van der Waals surface area contributed by atoms with Crippen LogP contribution in [0.15, 0.2) is 48.8 Å². The normalized spacial score (nSPS) is 15.2. The van der Waals surface area contributed by atoms with Crippen molar-refractivity contribution in [2.24, 2.45) is 0 Å². The summed E-state index contributed by atoms with van der Waals surface area (Å²) in [5, 5.41) is 3.21. The van der Waals surface area contributed by atoms with Crippen LogP contribution >= 0.6 is 0 Å². The van der Waals surface area contributed by atoms with Crippen LogP contribution in [0.3, 0.4) is 0 Å². The van der Waals surface area contributed by atoms with Gasteiger partial charge in [0, 0.05) is 38.4 Å². The molecule has 2 aromatic carbocycles. The Labute approximate surface area is 203 Å². The molecule has 35 heavy (non-hydrogen) atoms. The van der Waals surface area contributed by atoms with Gasteiger partial charge in [0.1, 0.15) is 12.0 Å². The van der Waals surface area contributed by atoms with Crippen LogP contribution in [0.25, 0.3) is 0 Å². The summed E-state index contributed by atoms with van der Waals surface area (Å²) in [6, 6.07) is 13.1. The van der Waals surface area contributed by atoms with E-state index in [0.29, 0.717) is 35.2 Å². The van der Waals surface area contributed by atoms with Gasteiger partial charge in [0.2, 0.25) is 6.79 Å². The topological polar surface area (TPSA) is 115 Å². The number of nitrogens with two attached hydrogens (primary N) is 1. The minimum absolute atomic E-state index is 0.283. The second-order valence-corrected chi connectivity index (χ2v) is 8.34. The highest BCUT2D eigenvalue weighted by molar-refractivity contribution is 5.91. The monoisotopic (exact) mass is 476 g/mol. The Bertz CT molecular complexity index is 1210. The number of ether oxygens (including phenoxy) is 3. The van der Waals surface area contributed by atoms with Crippen molar-refractivity contribution >= 4 is 29.0 Å². The van der Waals surface area contributed by atoms with E-state index in [2.05, 4.69) is 31.2 Å². The minimum Gasteiger partial charge on any atom is -0.462 e. The standard InChI is InChI=1S/C25H28N6O4/c1-2-33-25(32)18-4-3-5-19(13-18)29-23-22(26)24(28-15-27-23)31-10-8-30(9-11-31)14-17-6-7-20-21(12-17)35-16-34-20/h3-7,12-13,15H,2,8-11,14,16,26H2,1H3,(H,27,28,29). The SMILES string of the molecule is CCOC(=O)c1cccc(Nc2ncnc(N3CCN(Cc4ccc5c(c4)OCO5)CC3)c2N)c1. The number of hydrogen-bond donors (Lipinski definition) is 2. The van der Waals surface area contributed by atoms with Gasteiger partial charge in [-0.15, -0.1) is 0 Å². The van der Waals surface area contributed by atoms with E-state index >= 15 is 0 Å². The first-order valence-electron chi connectivity index (χ1n) is 11.6. The Hall–Kier alpha value is -4.05. The van der Waals surface area contributed by atoms with Crippen LogP contribution in [0.5, 0.6) is 11.5 Å². The fraction of sp³-hybridized carbons (Fsp3) is 0.320. The Morgan fingerprint density at radius 3 is 2.74 bits per heavy atom. The first kappa shape index (κ1) is 22.7. The second-order valence-electron chi connectivity index (χ2n) is 8.34. The molecule has 0 saturated carbocycles. The van der Waals surface area contributed by atoms with Gasteiger partial charge in [0.25, 0.3) is 0 Å². The Kier molecular flexibility index (Phi) is 6.53. The van der Waals surface area contributed by atoms with Gasteiger partial charge in [-0.05, 0) is 42.8 Å². The van der Waals surface area contributed by atoms with Gasteiger partial charge in [0.05, 0.1) is 12.2 Å². The molecule has 1 saturated heterocycles. The maximum Gasteiger partial charge on any atom is 0.338 e. The predicted octanol–water partition coefficient (Wildman–Crippen LogP) is 3.03. The van der Waals surface area contributed by atoms with Crippen molar-refractivity contribution in [3.8, 4) is 11.5 Å². The zero-order chi connectivity index (χ0) is 24.2. The van der Waals surface area contributed by atoms with Gasteiger partial charge in [-0.2, -0.15) is 0 Å². The molecule has 2 aliphatic heterocycles. The summed E-state index contributed by atoms with van der Waals surface area (Å²) in [5.74, 6) is 2.44. The van der Waals surface area contributed by atoms with Crippen LogP contribution < -0.4 is 25.4 Å². The number of rotatable bonds is 7. The number of aromatic nitrogens is 2. The molecule has 5 rings (SSSR count). The maximum atomic E-state index is 12.0. The number of anilines is 4. The van der Waals surface area contributed by atoms with Gasteiger partial charge in [-0.25, -0.2) is 14.8 Å². The van der Waals surface area contributed by atoms with E-state index in [0.717, 1.165) is 44.2 Å². The first-order chi connectivity index (χ1) is 17.1. The molecule has 2 aliphatic rings. The largest absolute Gasteiger partial charge is 0.462 e. The van der Waals surface area contributed by atoms with Crippen LogP contribution in [-0.2, 0) is 11.3 Å². The Morgan fingerprint density at radius 2 is 1.91 bits per heavy atom. The smallest absolute Gasteiger partial charge is 0.338 e. The van der Waals surface area contributed by atoms with Gasteiger partial charge >= 0.3 is 5.97 Å². The van der Waals surface area contributed by atoms with Crippen molar-refractivity contribution in [2.75, 3.05) is 55.5 Å². The van der Waals surface area contributed by atoms with Gasteiger partial charge in [-0.3, -0.25) is 4.90 Å². The number of hydrogen-bond acceptors (Lipinski definition) is 10. The van der Waals surface area contributed by atoms with Crippen molar-refractivity contribution in [2.45, 2.75) is 13.5 Å². The third kappa shape index (κ3) is 5.07. The lowest BCUT2D eigenvalue weighted by molar-refractivity contribution is 0.0526. The molecule has 0 aliphatic carbocycles. The zero-order valence-electron chi connectivity index (χ0n) is 19.6. The molecule has 3 heterocycles. The number of nitrogens with one attached hydrogen (secondary N) is 1. The highest BCUT2D eigenvalue weighted by atomic mass is 16.7. The highest BCUT2D eigenvalue weighted by Crippen LogP contribution is 2.33. The average Bonchev–Trinajstić information content (AvgIpc) is 3.34. The van der Waals surface area contributed by atoms with Crippen LogP contribution in [0.2, 0.25) is 0 Å². The van der Waals surface area contributed by atoms with Crippen molar-refractivity contribution in [3.63, 3.8) is 0 Å². The number of nitrogen functional groups attached to an aromatic ring is 1. The third-order valence-electron chi connectivity index (χ3n) is 6.01. The quantitative estimate of drug-likeness (QED) is 0.493. The number of benzene rings is 2. The molecule has 10 heteroatoms. The Morgan fingerprint density at radius 1 is 1.09 bits per heavy atom. The molecule has 0 amide bonds. The number of fused-ring (bicyclic) bond motifs is 1. The van der Waals surface area contributed by atoms with Gasteiger partial charge in [0.15, 0.2) is 23.1 Å². The number of carbonyl (C=O) groups is 1. The summed E-state index contributed by atoms with van der Waals surface area (Å²) in [6.07, 6.45) is 1.50. The van der Waals surface area contributed by atoms with E-state index in [1.54, 1.807) is 25.1 Å². The van der Waals surface area contributed by atoms with E-state index < -0.39 is 0 Å². The number of esters is 1. The lowest BCUT2D eigenvalue weighted by atomic mass is 10.1. The maximum absolute atomic E-state index is 12.0. The van der Waals surface area contributed by atoms with Crippen LogP contribution in [-0.4, -0.2) is 60.4 Å². The average molecular weight is 477 g/mol. The lowest BCUT2D eigenvalue weighted by Gasteiger charge is -2.36. The first-order valence-corrected chi connectivity index (χ1v) is 11.6. The lowest BCUT2D eigenvalue weighted by Crippen LogP contribution is -2.46. The molecular formula is C25H28N6O4. The van der Waals surface area contributed by atoms with E-state index in [9.17, 15) is 4.79 Å². The van der Waals surface area contributed by atoms with Crippen LogP contribution in [0, 0.1) is 0 Å². The molecule has 0 unspecified atom stereocenters. The molecule has 0 spiro atoms. The van der Waals surface area contributed by atoms with Crippen LogP contribution in [0.1, 0.15) is 22.8 Å². The summed E-state index contributed by atoms with van der Waals surface area (Å²) in [7, 11) is 0. The zero-order valence-corrected chi connectivity index (χ0v) is 19.6. The summed E-state index contributed by atoms with van der Waals surface area (Å²) in [5.41, 5.74) is 9.28. The summed E-state index contributed by atoms with van der Waals surface area (Å²) >= 11 is 0. The minimum atomic E-state index is -0.369. The summed E-state index contributed by atoms with van der Waals surface area (Å²) < 4.78 is 16.0. The molecule has 1 aromatic heterocycles. The molecule has 0 bridgehead atoms. The Balaban J connectivity index is 1.22. The molecular weight excluding hydrogens is 448 g/mol. The summed E-state index contributed by atoms with van der Waals surface area (Å²) in [6.45, 7) is 6.57. The van der Waals surface area contributed by atoms with Crippen molar-refractivity contribution in [1.82, 2.24) is 14.9 Å². The number of nitrogens with zero attached hydrogens (tertiary/aromatic N) is 4. The van der Waals surface area contributed by atoms with E-state index in [4.69, 9.17) is 19.9 Å². The molecule has 0 radical (unpaired) electrons. The predicted molar refractivity (Wildman–Crippen MR) is 132 cm³/mol. The van der Waals surface area contributed by atoms with Crippen molar-refractivity contribution < 1.29 is 19.0 Å². The summed E-state index contributed by atoms with van der Waals surface area (Å²) in [4.78, 5) is 25.4. The molecule has 10 nitrogen and oxygen atoms in total. The number of piperazine rings is 1. The second kappa shape index (κ2) is 10.1. The third-order valence-corrected chi connectivity index (χ3v) is 6.01. The fourth-order valence-electron chi connectivity index (χ4n) is 4.23. The van der Waals surface area contributed by atoms with E-state index in [1.807, 2.05) is 18.2 Å². The highest BCUT2D eigenvalue weighted by Gasteiger charge is 2.22. The molecule has 3 N–H and O–H groups in total. The van der Waals surface area contributed by atoms with Gasteiger partial charge < -0.3 is 30.2 Å². The molecule has 3 aromatic rings.